The van der Waals surface area contributed by atoms with Crippen LogP contribution in [-0.4, -0.2) is 40.2 Å². The summed E-state index contributed by atoms with van der Waals surface area (Å²) < 4.78 is 1.69. The molecule has 16 heavy (non-hydrogen) atoms. The maximum atomic E-state index is 11.9. The normalized spacial score (nSPS) is 9.69. The third-order valence-corrected chi connectivity index (χ3v) is 2.29. The molecule has 92 valence electrons. The average molecular weight is 247 g/mol. The number of amides is 1. The highest BCUT2D eigenvalue weighted by atomic mass is 35.5. The molecule has 0 aliphatic heterocycles. The van der Waals surface area contributed by atoms with Gasteiger partial charge in [-0.3, -0.25) is 9.48 Å². The van der Waals surface area contributed by atoms with E-state index >= 15 is 0 Å². The minimum absolute atomic E-state index is 0. The molecule has 0 atom stereocenters. The molecule has 1 aromatic heterocycles. The molecule has 0 aliphatic rings. The van der Waals surface area contributed by atoms with E-state index < -0.39 is 0 Å². The maximum Gasteiger partial charge on any atom is 0.257 e. The lowest BCUT2D eigenvalue weighted by Crippen LogP contribution is -2.30. The van der Waals surface area contributed by atoms with Crippen LogP contribution in [0.2, 0.25) is 0 Å². The standard InChI is InChI=1S/C10H18N4O.ClH/c1-3-13(4-2)10(15)9-7-12-14(8-9)6-5-11;/h7-8H,3-6,11H2,1-2H3;1H. The fourth-order valence-electron chi connectivity index (χ4n) is 1.42. The molecule has 0 fully saturated rings. The van der Waals surface area contributed by atoms with Gasteiger partial charge in [-0.25, -0.2) is 0 Å². The van der Waals surface area contributed by atoms with Gasteiger partial charge < -0.3 is 10.6 Å². The average Bonchev–Trinajstić information content (AvgIpc) is 2.68. The first-order valence-electron chi connectivity index (χ1n) is 5.24. The maximum absolute atomic E-state index is 11.9. The smallest absolute Gasteiger partial charge is 0.257 e. The molecule has 1 heterocycles. The minimum atomic E-state index is 0. The first-order valence-corrected chi connectivity index (χ1v) is 5.24. The molecule has 1 amide bonds. The first kappa shape index (κ1) is 14.9. The van der Waals surface area contributed by atoms with Gasteiger partial charge in [-0.1, -0.05) is 0 Å². The Bertz CT molecular complexity index is 322. The lowest BCUT2D eigenvalue weighted by atomic mass is 10.3. The predicted octanol–water partition coefficient (Wildman–Crippen LogP) is 0.746. The Morgan fingerprint density at radius 2 is 2.12 bits per heavy atom. The second-order valence-corrected chi connectivity index (χ2v) is 3.26. The molecule has 0 radical (unpaired) electrons. The number of nitrogens with zero attached hydrogens (tertiary/aromatic N) is 3. The molecule has 0 unspecified atom stereocenters. The third-order valence-electron chi connectivity index (χ3n) is 2.29. The summed E-state index contributed by atoms with van der Waals surface area (Å²) in [5.41, 5.74) is 6.03. The SMILES string of the molecule is CCN(CC)C(=O)c1cnn(CCN)c1.Cl. The van der Waals surface area contributed by atoms with Crippen molar-refractivity contribution in [2.45, 2.75) is 20.4 Å². The van der Waals surface area contributed by atoms with E-state index in [0.29, 0.717) is 18.7 Å². The predicted molar refractivity (Wildman–Crippen MR) is 65.8 cm³/mol. The molecular weight excluding hydrogens is 228 g/mol. The van der Waals surface area contributed by atoms with Crippen LogP contribution in [0.5, 0.6) is 0 Å². The summed E-state index contributed by atoms with van der Waals surface area (Å²) in [6, 6.07) is 0. The summed E-state index contributed by atoms with van der Waals surface area (Å²) in [5, 5.41) is 4.07. The first-order chi connectivity index (χ1) is 7.22. The van der Waals surface area contributed by atoms with E-state index in [-0.39, 0.29) is 18.3 Å². The molecule has 0 bridgehead atoms. The van der Waals surface area contributed by atoms with E-state index in [1.165, 1.54) is 0 Å². The van der Waals surface area contributed by atoms with Gasteiger partial charge in [0.15, 0.2) is 0 Å². The zero-order valence-corrected chi connectivity index (χ0v) is 10.5. The molecule has 2 N–H and O–H groups in total. The molecule has 0 saturated carbocycles. The van der Waals surface area contributed by atoms with Crippen LogP contribution in [0.4, 0.5) is 0 Å². The fourth-order valence-corrected chi connectivity index (χ4v) is 1.42. The Kier molecular flexibility index (Phi) is 6.76. The number of aromatic nitrogens is 2. The Morgan fingerprint density at radius 3 is 2.62 bits per heavy atom. The summed E-state index contributed by atoms with van der Waals surface area (Å²) in [4.78, 5) is 13.6. The highest BCUT2D eigenvalue weighted by molar-refractivity contribution is 5.93. The Labute approximate surface area is 102 Å². The van der Waals surface area contributed by atoms with Gasteiger partial charge in [-0.2, -0.15) is 5.10 Å². The summed E-state index contributed by atoms with van der Waals surface area (Å²) >= 11 is 0. The van der Waals surface area contributed by atoms with Crippen molar-refractivity contribution in [1.82, 2.24) is 14.7 Å². The van der Waals surface area contributed by atoms with Gasteiger partial charge in [-0.05, 0) is 13.8 Å². The zero-order valence-electron chi connectivity index (χ0n) is 9.72. The number of halogens is 1. The Balaban J connectivity index is 0.00000225. The van der Waals surface area contributed by atoms with Crippen LogP contribution in [0.15, 0.2) is 12.4 Å². The van der Waals surface area contributed by atoms with E-state index in [4.69, 9.17) is 5.73 Å². The monoisotopic (exact) mass is 246 g/mol. The topological polar surface area (TPSA) is 64.2 Å². The molecule has 0 spiro atoms. The van der Waals surface area contributed by atoms with Crippen molar-refractivity contribution in [2.75, 3.05) is 19.6 Å². The summed E-state index contributed by atoms with van der Waals surface area (Å²) in [5.74, 6) is 0.0308. The number of rotatable bonds is 5. The number of hydrogen-bond acceptors (Lipinski definition) is 3. The lowest BCUT2D eigenvalue weighted by Gasteiger charge is -2.17. The van der Waals surface area contributed by atoms with Gasteiger partial charge in [0.05, 0.1) is 18.3 Å². The van der Waals surface area contributed by atoms with Crippen LogP contribution in [-0.2, 0) is 6.54 Å². The van der Waals surface area contributed by atoms with E-state index in [9.17, 15) is 4.79 Å². The third kappa shape index (κ3) is 3.50. The number of nitrogens with two attached hydrogens (primary N) is 1. The summed E-state index contributed by atoms with van der Waals surface area (Å²) in [6.07, 6.45) is 3.34. The van der Waals surface area contributed by atoms with Crippen molar-refractivity contribution in [2.24, 2.45) is 5.73 Å². The van der Waals surface area contributed by atoms with Crippen molar-refractivity contribution < 1.29 is 4.79 Å². The van der Waals surface area contributed by atoms with E-state index in [0.717, 1.165) is 13.1 Å². The van der Waals surface area contributed by atoms with Crippen LogP contribution in [0, 0.1) is 0 Å². The molecule has 6 heteroatoms. The van der Waals surface area contributed by atoms with Crippen molar-refractivity contribution >= 4 is 18.3 Å². The molecule has 0 aromatic carbocycles. The highest BCUT2D eigenvalue weighted by Gasteiger charge is 2.13. The molecule has 0 saturated heterocycles. The number of carbonyl (C=O) groups is 1. The van der Waals surface area contributed by atoms with Crippen molar-refractivity contribution in [3.63, 3.8) is 0 Å². The van der Waals surface area contributed by atoms with E-state index in [1.54, 1.807) is 22.0 Å². The van der Waals surface area contributed by atoms with Gasteiger partial charge in [0.25, 0.3) is 5.91 Å². The van der Waals surface area contributed by atoms with Crippen LogP contribution in [0.1, 0.15) is 24.2 Å². The minimum Gasteiger partial charge on any atom is -0.339 e. The van der Waals surface area contributed by atoms with Crippen LogP contribution >= 0.6 is 12.4 Å². The van der Waals surface area contributed by atoms with Gasteiger partial charge in [0, 0.05) is 25.8 Å². The van der Waals surface area contributed by atoms with E-state index in [1.807, 2.05) is 13.8 Å². The van der Waals surface area contributed by atoms with Crippen molar-refractivity contribution in [1.29, 1.82) is 0 Å². The largest absolute Gasteiger partial charge is 0.339 e. The van der Waals surface area contributed by atoms with E-state index in [2.05, 4.69) is 5.10 Å². The molecule has 5 nitrogen and oxygen atoms in total. The van der Waals surface area contributed by atoms with Gasteiger partial charge in [0.1, 0.15) is 0 Å². The lowest BCUT2D eigenvalue weighted by molar-refractivity contribution is 0.0773. The van der Waals surface area contributed by atoms with Crippen LogP contribution in [0.25, 0.3) is 0 Å². The summed E-state index contributed by atoms with van der Waals surface area (Å²) in [6.45, 7) is 6.54. The second-order valence-electron chi connectivity index (χ2n) is 3.26. The molecular formula is C10H19ClN4O. The number of hydrogen-bond donors (Lipinski definition) is 1. The zero-order chi connectivity index (χ0) is 11.3. The molecule has 1 aromatic rings. The second kappa shape index (κ2) is 7.24. The van der Waals surface area contributed by atoms with Crippen LogP contribution in [0.3, 0.4) is 0 Å². The van der Waals surface area contributed by atoms with Gasteiger partial charge in [0.2, 0.25) is 0 Å². The molecule has 1 rings (SSSR count). The Hall–Kier alpha value is -1.07. The molecule has 0 aliphatic carbocycles. The van der Waals surface area contributed by atoms with Gasteiger partial charge in [-0.15, -0.1) is 12.4 Å². The quantitative estimate of drug-likeness (QED) is 0.834. The summed E-state index contributed by atoms with van der Waals surface area (Å²) in [7, 11) is 0. The van der Waals surface area contributed by atoms with Crippen molar-refractivity contribution in [3.8, 4) is 0 Å². The van der Waals surface area contributed by atoms with Crippen LogP contribution < -0.4 is 5.73 Å². The van der Waals surface area contributed by atoms with Crippen molar-refractivity contribution in [3.05, 3.63) is 18.0 Å². The Morgan fingerprint density at radius 1 is 1.50 bits per heavy atom. The highest BCUT2D eigenvalue weighted by Crippen LogP contribution is 2.03. The number of carbonyl (C=O) groups excluding carboxylic acids is 1. The van der Waals surface area contributed by atoms with Gasteiger partial charge >= 0.3 is 0 Å². The fraction of sp³-hybridized carbons (Fsp3) is 0.600.